The van der Waals surface area contributed by atoms with Crippen molar-refractivity contribution in [1.29, 1.82) is 0 Å². The summed E-state index contributed by atoms with van der Waals surface area (Å²) in [7, 11) is 1.64. The molecule has 0 aliphatic heterocycles. The Kier molecular flexibility index (Phi) is 5.61. The zero-order chi connectivity index (χ0) is 12.3. The first-order valence-corrected chi connectivity index (χ1v) is 6.01. The summed E-state index contributed by atoms with van der Waals surface area (Å²) < 4.78 is 9.33. The highest BCUT2D eigenvalue weighted by atomic mass is 35.5. The molecule has 2 aromatic heterocycles. The monoisotopic (exact) mass is 286 g/mol. The SMILES string of the molecule is COCc1cc(-c2nsc([C@H](C)N)n2)ccn1.Cl. The summed E-state index contributed by atoms with van der Waals surface area (Å²) in [6, 6.07) is 3.73. The third-order valence-electron chi connectivity index (χ3n) is 2.20. The molecule has 2 rings (SSSR count). The lowest BCUT2D eigenvalue weighted by atomic mass is 10.2. The van der Waals surface area contributed by atoms with Gasteiger partial charge >= 0.3 is 0 Å². The van der Waals surface area contributed by atoms with Gasteiger partial charge in [0.05, 0.1) is 18.3 Å². The summed E-state index contributed by atoms with van der Waals surface area (Å²) >= 11 is 1.33. The number of hydrogen-bond donors (Lipinski definition) is 1. The van der Waals surface area contributed by atoms with Gasteiger partial charge in [-0.1, -0.05) is 0 Å². The van der Waals surface area contributed by atoms with Crippen molar-refractivity contribution < 1.29 is 4.74 Å². The number of nitrogens with zero attached hydrogens (tertiary/aromatic N) is 3. The molecule has 0 unspecified atom stereocenters. The fourth-order valence-corrected chi connectivity index (χ4v) is 2.00. The molecule has 2 N–H and O–H groups in total. The van der Waals surface area contributed by atoms with Crippen LogP contribution in [0.2, 0.25) is 0 Å². The molecule has 0 radical (unpaired) electrons. The quantitative estimate of drug-likeness (QED) is 0.932. The van der Waals surface area contributed by atoms with Gasteiger partial charge in [-0.25, -0.2) is 4.98 Å². The maximum absolute atomic E-state index is 5.76. The van der Waals surface area contributed by atoms with E-state index in [0.29, 0.717) is 12.4 Å². The Morgan fingerprint density at radius 2 is 2.28 bits per heavy atom. The van der Waals surface area contributed by atoms with Crippen LogP contribution in [0, 0.1) is 0 Å². The van der Waals surface area contributed by atoms with Crippen molar-refractivity contribution >= 4 is 23.9 Å². The summed E-state index contributed by atoms with van der Waals surface area (Å²) in [5.74, 6) is 0.696. The van der Waals surface area contributed by atoms with Crippen LogP contribution in [0.4, 0.5) is 0 Å². The van der Waals surface area contributed by atoms with Crippen LogP contribution in [0.3, 0.4) is 0 Å². The van der Waals surface area contributed by atoms with Crippen molar-refractivity contribution in [3.63, 3.8) is 0 Å². The highest BCUT2D eigenvalue weighted by Crippen LogP contribution is 2.21. The zero-order valence-corrected chi connectivity index (χ0v) is 11.8. The molecule has 0 amide bonds. The summed E-state index contributed by atoms with van der Waals surface area (Å²) in [6.45, 7) is 2.38. The van der Waals surface area contributed by atoms with Gasteiger partial charge < -0.3 is 10.5 Å². The molecule has 2 aromatic rings. The molecule has 0 bridgehead atoms. The van der Waals surface area contributed by atoms with Crippen molar-refractivity contribution in [1.82, 2.24) is 14.3 Å². The van der Waals surface area contributed by atoms with Crippen LogP contribution >= 0.6 is 23.9 Å². The van der Waals surface area contributed by atoms with Gasteiger partial charge in [-0.2, -0.15) is 4.37 Å². The van der Waals surface area contributed by atoms with E-state index in [1.165, 1.54) is 11.5 Å². The van der Waals surface area contributed by atoms with Crippen molar-refractivity contribution in [3.05, 3.63) is 29.0 Å². The first-order chi connectivity index (χ1) is 8.20. The number of ether oxygens (including phenoxy) is 1. The number of nitrogens with two attached hydrogens (primary N) is 1. The van der Waals surface area contributed by atoms with Crippen LogP contribution in [-0.2, 0) is 11.3 Å². The minimum Gasteiger partial charge on any atom is -0.378 e. The van der Waals surface area contributed by atoms with Crippen molar-refractivity contribution in [2.75, 3.05) is 7.11 Å². The van der Waals surface area contributed by atoms with E-state index in [1.54, 1.807) is 13.3 Å². The minimum atomic E-state index is -0.0819. The van der Waals surface area contributed by atoms with Crippen LogP contribution in [0.1, 0.15) is 23.7 Å². The molecule has 0 fully saturated rings. The van der Waals surface area contributed by atoms with Gasteiger partial charge in [0.1, 0.15) is 5.01 Å². The van der Waals surface area contributed by atoms with Gasteiger partial charge in [-0.05, 0) is 30.6 Å². The molecule has 0 spiro atoms. The minimum absolute atomic E-state index is 0. The molecule has 0 saturated heterocycles. The van der Waals surface area contributed by atoms with Crippen LogP contribution in [0.5, 0.6) is 0 Å². The summed E-state index contributed by atoms with van der Waals surface area (Å²) in [4.78, 5) is 8.59. The molecule has 0 aliphatic rings. The third kappa shape index (κ3) is 3.46. The Morgan fingerprint density at radius 3 is 2.89 bits per heavy atom. The van der Waals surface area contributed by atoms with Crippen molar-refractivity contribution in [2.24, 2.45) is 5.73 Å². The number of methoxy groups -OCH3 is 1. The molecule has 1 atom stereocenters. The lowest BCUT2D eigenvalue weighted by molar-refractivity contribution is 0.181. The van der Waals surface area contributed by atoms with E-state index in [2.05, 4.69) is 14.3 Å². The van der Waals surface area contributed by atoms with Crippen molar-refractivity contribution in [2.45, 2.75) is 19.6 Å². The number of hydrogen-bond acceptors (Lipinski definition) is 6. The summed E-state index contributed by atoms with van der Waals surface area (Å²) in [5, 5.41) is 0.838. The second-order valence-corrected chi connectivity index (χ2v) is 4.50. The Balaban J connectivity index is 0.00000162. The van der Waals surface area contributed by atoms with Gasteiger partial charge in [-0.15, -0.1) is 12.4 Å². The highest BCUT2D eigenvalue weighted by Gasteiger charge is 2.10. The van der Waals surface area contributed by atoms with Crippen LogP contribution in [0.25, 0.3) is 11.4 Å². The standard InChI is InChI=1S/C11H14N4OS.ClH/c1-7(12)11-14-10(15-17-11)8-3-4-13-9(5-8)6-16-2;/h3-5,7H,6,12H2,1-2H3;1H/t7-;/m0./s1. The molecule has 18 heavy (non-hydrogen) atoms. The fourth-order valence-electron chi connectivity index (χ4n) is 1.38. The summed E-state index contributed by atoms with van der Waals surface area (Å²) in [6.07, 6.45) is 1.73. The largest absolute Gasteiger partial charge is 0.378 e. The maximum atomic E-state index is 5.76. The molecule has 0 aromatic carbocycles. The molecule has 5 nitrogen and oxygen atoms in total. The molecular weight excluding hydrogens is 272 g/mol. The normalized spacial score (nSPS) is 11.9. The van der Waals surface area contributed by atoms with Gasteiger partial charge in [0, 0.05) is 18.9 Å². The van der Waals surface area contributed by atoms with Gasteiger partial charge in [0.2, 0.25) is 0 Å². The topological polar surface area (TPSA) is 73.9 Å². The Morgan fingerprint density at radius 1 is 1.50 bits per heavy atom. The first-order valence-electron chi connectivity index (χ1n) is 5.24. The number of aromatic nitrogens is 3. The van der Waals surface area contributed by atoms with E-state index < -0.39 is 0 Å². The van der Waals surface area contributed by atoms with Crippen LogP contribution in [-0.4, -0.2) is 21.5 Å². The van der Waals surface area contributed by atoms with Crippen LogP contribution in [0.15, 0.2) is 18.3 Å². The molecule has 7 heteroatoms. The molecule has 2 heterocycles. The number of halogens is 1. The van der Waals surface area contributed by atoms with E-state index in [1.807, 2.05) is 19.1 Å². The Bertz CT molecular complexity index is 503. The van der Waals surface area contributed by atoms with Gasteiger partial charge in [0.25, 0.3) is 0 Å². The highest BCUT2D eigenvalue weighted by molar-refractivity contribution is 7.05. The number of rotatable bonds is 4. The fraction of sp³-hybridized carbons (Fsp3) is 0.364. The van der Waals surface area contributed by atoms with Gasteiger partial charge in [0.15, 0.2) is 5.82 Å². The van der Waals surface area contributed by atoms with E-state index in [-0.39, 0.29) is 18.4 Å². The zero-order valence-electron chi connectivity index (χ0n) is 10.2. The van der Waals surface area contributed by atoms with E-state index >= 15 is 0 Å². The average molecular weight is 287 g/mol. The lowest BCUT2D eigenvalue weighted by Crippen LogP contribution is -2.03. The number of pyridine rings is 1. The molecule has 0 saturated carbocycles. The lowest BCUT2D eigenvalue weighted by Gasteiger charge is -2.00. The van der Waals surface area contributed by atoms with Crippen LogP contribution < -0.4 is 5.73 Å². The van der Waals surface area contributed by atoms with E-state index in [4.69, 9.17) is 10.5 Å². The second kappa shape index (κ2) is 6.75. The predicted molar refractivity (Wildman–Crippen MR) is 73.7 cm³/mol. The van der Waals surface area contributed by atoms with E-state index in [9.17, 15) is 0 Å². The van der Waals surface area contributed by atoms with E-state index in [0.717, 1.165) is 16.3 Å². The molecule has 98 valence electrons. The predicted octanol–water partition coefficient (Wildman–Crippen LogP) is 2.19. The van der Waals surface area contributed by atoms with Crippen molar-refractivity contribution in [3.8, 4) is 11.4 Å². The Hall–Kier alpha value is -1.08. The molecule has 0 aliphatic carbocycles. The van der Waals surface area contributed by atoms with Gasteiger partial charge in [-0.3, -0.25) is 4.98 Å². The summed E-state index contributed by atoms with van der Waals surface area (Å²) in [5.41, 5.74) is 7.56. The first kappa shape index (κ1) is 15.0. The second-order valence-electron chi connectivity index (χ2n) is 3.71. The molecular formula is C11H15ClN4OS. The average Bonchev–Trinajstić information content (AvgIpc) is 2.79. The third-order valence-corrected chi connectivity index (χ3v) is 3.11. The smallest absolute Gasteiger partial charge is 0.173 e. The Labute approximate surface area is 116 Å². The maximum Gasteiger partial charge on any atom is 0.173 e.